The molecule has 31 heavy (non-hydrogen) atoms. The van der Waals surface area contributed by atoms with E-state index in [1.165, 1.54) is 11.8 Å². The van der Waals surface area contributed by atoms with Gasteiger partial charge in [-0.3, -0.25) is 9.78 Å². The molecule has 3 aromatic heterocycles. The summed E-state index contributed by atoms with van der Waals surface area (Å²) in [6.07, 6.45) is 3.83. The van der Waals surface area contributed by atoms with Crippen molar-refractivity contribution in [1.82, 2.24) is 24.6 Å². The maximum absolute atomic E-state index is 12.7. The van der Waals surface area contributed by atoms with Crippen LogP contribution in [0.1, 0.15) is 22.6 Å². The molecule has 0 atom stereocenters. The van der Waals surface area contributed by atoms with E-state index in [0.29, 0.717) is 29.0 Å². The Morgan fingerprint density at radius 1 is 1.16 bits per heavy atom. The van der Waals surface area contributed by atoms with E-state index in [1.54, 1.807) is 16.8 Å². The number of nitrogens with zero attached hydrogens (tertiary/aromatic N) is 5. The first-order chi connectivity index (χ1) is 15.0. The highest BCUT2D eigenvalue weighted by Gasteiger charge is 2.16. The molecule has 0 saturated heterocycles. The van der Waals surface area contributed by atoms with Crippen LogP contribution in [-0.4, -0.2) is 36.7 Å². The standard InChI is InChI=1S/C22H22N6O2S/c1-14-19(15(2)28-21(24-14)26-22(27-28)31-3)12-20(29)25-16-8-6-9-18(11-16)30-13-17-7-4-5-10-23-17/h4-11H,12-13H2,1-3H3,(H,25,29). The van der Waals surface area contributed by atoms with Gasteiger partial charge in [0.05, 0.1) is 12.1 Å². The number of anilines is 1. The smallest absolute Gasteiger partial charge is 0.253 e. The number of rotatable bonds is 7. The van der Waals surface area contributed by atoms with E-state index in [0.717, 1.165) is 22.6 Å². The second-order valence-electron chi connectivity index (χ2n) is 6.93. The van der Waals surface area contributed by atoms with Crippen molar-refractivity contribution in [1.29, 1.82) is 0 Å². The molecule has 1 N–H and O–H groups in total. The summed E-state index contributed by atoms with van der Waals surface area (Å²) in [4.78, 5) is 25.9. The van der Waals surface area contributed by atoms with Crippen LogP contribution in [0.25, 0.3) is 5.78 Å². The van der Waals surface area contributed by atoms with E-state index >= 15 is 0 Å². The van der Waals surface area contributed by atoms with Crippen molar-refractivity contribution in [3.63, 3.8) is 0 Å². The van der Waals surface area contributed by atoms with Gasteiger partial charge in [0, 0.05) is 34.9 Å². The molecule has 0 radical (unpaired) electrons. The Morgan fingerprint density at radius 3 is 2.81 bits per heavy atom. The van der Waals surface area contributed by atoms with Gasteiger partial charge in [0.1, 0.15) is 12.4 Å². The number of carbonyl (C=O) groups is 1. The van der Waals surface area contributed by atoms with Gasteiger partial charge in [-0.15, -0.1) is 5.10 Å². The first-order valence-corrected chi connectivity index (χ1v) is 11.0. The number of carbonyl (C=O) groups excluding carboxylic acids is 1. The van der Waals surface area contributed by atoms with E-state index in [2.05, 4.69) is 25.4 Å². The van der Waals surface area contributed by atoms with Gasteiger partial charge in [-0.25, -0.2) is 9.50 Å². The number of ether oxygens (including phenoxy) is 1. The Bertz CT molecular complexity index is 1230. The third-order valence-electron chi connectivity index (χ3n) is 4.78. The van der Waals surface area contributed by atoms with Crippen molar-refractivity contribution in [3.8, 4) is 5.75 Å². The molecule has 0 unspecified atom stereocenters. The first-order valence-electron chi connectivity index (χ1n) is 9.73. The average Bonchev–Trinajstić information content (AvgIpc) is 3.19. The summed E-state index contributed by atoms with van der Waals surface area (Å²) in [5, 5.41) is 8.02. The number of thioether (sulfide) groups is 1. The number of pyridine rings is 1. The maximum Gasteiger partial charge on any atom is 0.253 e. The summed E-state index contributed by atoms with van der Waals surface area (Å²) in [6, 6.07) is 13.0. The minimum absolute atomic E-state index is 0.139. The van der Waals surface area contributed by atoms with Crippen LogP contribution in [0.5, 0.6) is 5.75 Å². The normalized spacial score (nSPS) is 10.9. The summed E-state index contributed by atoms with van der Waals surface area (Å²) >= 11 is 1.46. The summed E-state index contributed by atoms with van der Waals surface area (Å²) in [6.45, 7) is 4.17. The second-order valence-corrected chi connectivity index (χ2v) is 7.71. The van der Waals surface area contributed by atoms with E-state index in [-0.39, 0.29) is 12.3 Å². The molecule has 0 aliphatic carbocycles. The molecule has 1 aromatic carbocycles. The molecular formula is C22H22N6O2S. The fourth-order valence-corrected chi connectivity index (χ4v) is 3.54. The van der Waals surface area contributed by atoms with Gasteiger partial charge in [-0.2, -0.15) is 4.98 Å². The molecule has 4 aromatic rings. The zero-order chi connectivity index (χ0) is 21.8. The van der Waals surface area contributed by atoms with Crippen molar-refractivity contribution in [3.05, 3.63) is 71.3 Å². The van der Waals surface area contributed by atoms with Crippen LogP contribution in [-0.2, 0) is 17.8 Å². The number of fused-ring (bicyclic) bond motifs is 1. The molecule has 158 valence electrons. The molecule has 0 aliphatic rings. The van der Waals surface area contributed by atoms with Gasteiger partial charge in [-0.1, -0.05) is 23.9 Å². The van der Waals surface area contributed by atoms with Crippen LogP contribution in [0.4, 0.5) is 5.69 Å². The number of aryl methyl sites for hydroxylation is 2. The van der Waals surface area contributed by atoms with Gasteiger partial charge in [0.25, 0.3) is 5.78 Å². The third-order valence-corrected chi connectivity index (χ3v) is 5.32. The monoisotopic (exact) mass is 434 g/mol. The Morgan fingerprint density at radius 2 is 2.03 bits per heavy atom. The zero-order valence-corrected chi connectivity index (χ0v) is 18.3. The summed E-state index contributed by atoms with van der Waals surface area (Å²) < 4.78 is 7.48. The Labute approximate surface area is 184 Å². The lowest BCUT2D eigenvalue weighted by atomic mass is 10.1. The van der Waals surface area contributed by atoms with Gasteiger partial charge < -0.3 is 10.1 Å². The predicted molar refractivity (Wildman–Crippen MR) is 119 cm³/mol. The Kier molecular flexibility index (Phi) is 6.13. The highest BCUT2D eigenvalue weighted by atomic mass is 32.2. The number of benzene rings is 1. The third kappa shape index (κ3) is 4.83. The molecule has 0 bridgehead atoms. The van der Waals surface area contributed by atoms with Crippen LogP contribution in [0.15, 0.2) is 53.8 Å². The molecule has 0 saturated carbocycles. The van der Waals surface area contributed by atoms with Crippen molar-refractivity contribution in [2.75, 3.05) is 11.6 Å². The number of nitrogens with one attached hydrogen (secondary N) is 1. The van der Waals surface area contributed by atoms with Crippen LogP contribution in [0.3, 0.4) is 0 Å². The van der Waals surface area contributed by atoms with E-state index < -0.39 is 0 Å². The van der Waals surface area contributed by atoms with Gasteiger partial charge in [0.15, 0.2) is 0 Å². The minimum Gasteiger partial charge on any atom is -0.487 e. The predicted octanol–water partition coefficient (Wildman–Crippen LogP) is 3.62. The van der Waals surface area contributed by atoms with E-state index in [4.69, 9.17) is 4.74 Å². The van der Waals surface area contributed by atoms with Crippen molar-refractivity contribution < 1.29 is 9.53 Å². The molecule has 4 rings (SSSR count). The van der Waals surface area contributed by atoms with Gasteiger partial charge in [0.2, 0.25) is 11.1 Å². The highest BCUT2D eigenvalue weighted by Crippen LogP contribution is 2.20. The molecule has 0 fully saturated rings. The average molecular weight is 435 g/mol. The van der Waals surface area contributed by atoms with E-state index in [1.807, 2.05) is 56.5 Å². The fraction of sp³-hybridized carbons (Fsp3) is 0.227. The molecular weight excluding hydrogens is 412 g/mol. The minimum atomic E-state index is -0.139. The SMILES string of the molecule is CSc1nc2nc(C)c(CC(=O)Nc3cccc(OCc4ccccn4)c3)c(C)n2n1. The van der Waals surface area contributed by atoms with Crippen LogP contribution < -0.4 is 10.1 Å². The Hall–Kier alpha value is -3.46. The highest BCUT2D eigenvalue weighted by molar-refractivity contribution is 7.98. The maximum atomic E-state index is 12.7. The fourth-order valence-electron chi connectivity index (χ4n) is 3.20. The second kappa shape index (κ2) is 9.13. The molecule has 3 heterocycles. The van der Waals surface area contributed by atoms with E-state index in [9.17, 15) is 4.79 Å². The zero-order valence-electron chi connectivity index (χ0n) is 17.5. The first kappa shape index (κ1) is 20.8. The number of aromatic nitrogens is 5. The lowest BCUT2D eigenvalue weighted by Gasteiger charge is -2.12. The number of hydrogen-bond donors (Lipinski definition) is 1. The summed E-state index contributed by atoms with van der Waals surface area (Å²) in [5.74, 6) is 1.06. The van der Waals surface area contributed by atoms with Gasteiger partial charge >= 0.3 is 0 Å². The molecule has 8 nitrogen and oxygen atoms in total. The Balaban J connectivity index is 1.45. The summed E-state index contributed by atoms with van der Waals surface area (Å²) in [7, 11) is 0. The molecule has 1 amide bonds. The quantitative estimate of drug-likeness (QED) is 0.444. The van der Waals surface area contributed by atoms with Crippen LogP contribution in [0, 0.1) is 13.8 Å². The number of amides is 1. The lowest BCUT2D eigenvalue weighted by Crippen LogP contribution is -2.17. The largest absolute Gasteiger partial charge is 0.487 e. The van der Waals surface area contributed by atoms with Gasteiger partial charge in [-0.05, 0) is 44.4 Å². The van der Waals surface area contributed by atoms with Crippen LogP contribution in [0.2, 0.25) is 0 Å². The van der Waals surface area contributed by atoms with Crippen molar-refractivity contribution >= 4 is 29.1 Å². The van der Waals surface area contributed by atoms with Crippen molar-refractivity contribution in [2.45, 2.75) is 32.0 Å². The van der Waals surface area contributed by atoms with Crippen LogP contribution >= 0.6 is 11.8 Å². The number of hydrogen-bond acceptors (Lipinski definition) is 7. The topological polar surface area (TPSA) is 94.3 Å². The summed E-state index contributed by atoms with van der Waals surface area (Å²) in [5.41, 5.74) is 3.97. The molecule has 9 heteroatoms. The molecule has 0 aliphatic heterocycles. The molecule has 0 spiro atoms. The van der Waals surface area contributed by atoms with Crippen molar-refractivity contribution in [2.24, 2.45) is 0 Å². The lowest BCUT2D eigenvalue weighted by molar-refractivity contribution is -0.115.